The van der Waals surface area contributed by atoms with E-state index in [-0.39, 0.29) is 6.10 Å². The summed E-state index contributed by atoms with van der Waals surface area (Å²) < 4.78 is 5.48. The Balaban J connectivity index is 1.63. The van der Waals surface area contributed by atoms with Gasteiger partial charge in [-0.15, -0.1) is 0 Å². The number of nitrogens with one attached hydrogen (secondary N) is 1. The highest BCUT2D eigenvalue weighted by Gasteiger charge is 2.25. The fourth-order valence-electron chi connectivity index (χ4n) is 1.52. The van der Waals surface area contributed by atoms with E-state index in [0.717, 1.165) is 25.4 Å². The molecule has 0 aromatic rings. The third-order valence-corrected chi connectivity index (χ3v) is 2.64. The predicted molar refractivity (Wildman–Crippen MR) is 54.4 cm³/mol. The van der Waals surface area contributed by atoms with Crippen molar-refractivity contribution in [1.29, 1.82) is 0 Å². The van der Waals surface area contributed by atoms with E-state index in [1.54, 1.807) is 0 Å². The van der Waals surface area contributed by atoms with Gasteiger partial charge < -0.3 is 14.9 Å². The van der Waals surface area contributed by atoms with Crippen LogP contribution in [0.25, 0.3) is 0 Å². The van der Waals surface area contributed by atoms with E-state index >= 15 is 0 Å². The van der Waals surface area contributed by atoms with Crippen LogP contribution in [0.3, 0.4) is 0 Å². The molecule has 0 aromatic carbocycles. The van der Waals surface area contributed by atoms with Gasteiger partial charge in [0.1, 0.15) is 12.7 Å². The van der Waals surface area contributed by atoms with Crippen LogP contribution in [0.4, 0.5) is 0 Å². The lowest BCUT2D eigenvalue weighted by atomic mass is 10.3. The first-order chi connectivity index (χ1) is 6.86. The Hall–Kier alpha value is -0.610. The normalized spacial score (nSPS) is 28.9. The Labute approximate surface area is 84.6 Å². The summed E-state index contributed by atoms with van der Waals surface area (Å²) in [4.78, 5) is 5.26. The highest BCUT2D eigenvalue weighted by atomic mass is 16.6. The molecular formula is C10H18N2O2. The number of nitrogens with zero attached hydrogens (tertiary/aromatic N) is 1. The van der Waals surface area contributed by atoms with Crippen molar-refractivity contribution in [2.24, 2.45) is 11.1 Å². The molecule has 1 N–H and O–H groups in total. The summed E-state index contributed by atoms with van der Waals surface area (Å²) in [5, 5.41) is 7.34. The van der Waals surface area contributed by atoms with Crippen molar-refractivity contribution in [2.45, 2.75) is 25.9 Å². The molecule has 1 unspecified atom stereocenters. The molecule has 80 valence electrons. The smallest absolute Gasteiger partial charge is 0.144 e. The van der Waals surface area contributed by atoms with Gasteiger partial charge in [-0.05, 0) is 19.8 Å². The number of ether oxygens (including phenoxy) is 1. The molecule has 1 aliphatic heterocycles. The van der Waals surface area contributed by atoms with Gasteiger partial charge in [-0.2, -0.15) is 0 Å². The molecule has 4 heteroatoms. The molecule has 14 heavy (non-hydrogen) atoms. The maximum absolute atomic E-state index is 5.48. The van der Waals surface area contributed by atoms with Crippen LogP contribution in [0.15, 0.2) is 5.16 Å². The van der Waals surface area contributed by atoms with Crippen molar-refractivity contribution >= 4 is 5.71 Å². The zero-order chi connectivity index (χ0) is 9.80. The monoisotopic (exact) mass is 198 g/mol. The lowest BCUT2D eigenvalue weighted by molar-refractivity contribution is -0.0304. The topological polar surface area (TPSA) is 42.8 Å². The summed E-state index contributed by atoms with van der Waals surface area (Å²) in [5.41, 5.74) is 1.13. The zero-order valence-corrected chi connectivity index (χ0v) is 8.66. The first kappa shape index (κ1) is 9.93. The standard InChI is InChI=1S/C10H18N2O2/c1-8(9-2-3-9)12-14-7-10-6-11-4-5-13-10/h9-11H,2-7H2,1H3/b12-8+. The van der Waals surface area contributed by atoms with Gasteiger partial charge in [0.25, 0.3) is 0 Å². The molecule has 0 radical (unpaired) electrons. The number of hydrogen-bond acceptors (Lipinski definition) is 4. The summed E-state index contributed by atoms with van der Waals surface area (Å²) in [6.45, 7) is 5.20. The summed E-state index contributed by atoms with van der Waals surface area (Å²) in [7, 11) is 0. The Kier molecular flexibility index (Phi) is 3.37. The lowest BCUT2D eigenvalue weighted by Crippen LogP contribution is -2.40. The van der Waals surface area contributed by atoms with Crippen LogP contribution in [0, 0.1) is 5.92 Å². The Morgan fingerprint density at radius 1 is 1.57 bits per heavy atom. The quantitative estimate of drug-likeness (QED) is 0.536. The molecule has 1 saturated heterocycles. The molecule has 0 bridgehead atoms. The molecule has 1 aliphatic carbocycles. The molecule has 2 aliphatic rings. The Bertz CT molecular complexity index is 208. The highest BCUT2D eigenvalue weighted by molar-refractivity contribution is 5.85. The van der Waals surface area contributed by atoms with Crippen LogP contribution in [0.2, 0.25) is 0 Å². The molecule has 0 amide bonds. The summed E-state index contributed by atoms with van der Waals surface area (Å²) in [6, 6.07) is 0. The van der Waals surface area contributed by atoms with Crippen LogP contribution in [0.1, 0.15) is 19.8 Å². The molecule has 1 atom stereocenters. The largest absolute Gasteiger partial charge is 0.393 e. The van der Waals surface area contributed by atoms with Gasteiger partial charge in [-0.3, -0.25) is 0 Å². The summed E-state index contributed by atoms with van der Waals surface area (Å²) >= 11 is 0. The second-order valence-corrected chi connectivity index (χ2v) is 4.00. The SMILES string of the molecule is C/C(=N\OCC1CNCCO1)C1CC1. The van der Waals surface area contributed by atoms with E-state index in [1.165, 1.54) is 12.8 Å². The maximum Gasteiger partial charge on any atom is 0.144 e. The van der Waals surface area contributed by atoms with Gasteiger partial charge in [-0.25, -0.2) is 0 Å². The molecule has 4 nitrogen and oxygen atoms in total. The van der Waals surface area contributed by atoms with Gasteiger partial charge >= 0.3 is 0 Å². The van der Waals surface area contributed by atoms with Crippen molar-refractivity contribution < 1.29 is 9.57 Å². The maximum atomic E-state index is 5.48. The number of oxime groups is 1. The first-order valence-corrected chi connectivity index (χ1v) is 5.35. The fourth-order valence-corrected chi connectivity index (χ4v) is 1.52. The van der Waals surface area contributed by atoms with E-state index in [9.17, 15) is 0 Å². The third-order valence-electron chi connectivity index (χ3n) is 2.64. The Morgan fingerprint density at radius 3 is 3.07 bits per heavy atom. The van der Waals surface area contributed by atoms with Crippen molar-refractivity contribution in [3.8, 4) is 0 Å². The average Bonchev–Trinajstić information content (AvgIpc) is 3.02. The highest BCUT2D eigenvalue weighted by Crippen LogP contribution is 2.30. The van der Waals surface area contributed by atoms with Gasteiger partial charge in [0, 0.05) is 19.0 Å². The minimum atomic E-state index is 0.166. The predicted octanol–water partition coefficient (Wildman–Crippen LogP) is 0.777. The van der Waals surface area contributed by atoms with Gasteiger partial charge in [0.05, 0.1) is 12.3 Å². The van der Waals surface area contributed by atoms with E-state index in [0.29, 0.717) is 12.5 Å². The van der Waals surface area contributed by atoms with E-state index in [2.05, 4.69) is 10.5 Å². The van der Waals surface area contributed by atoms with Crippen LogP contribution in [0.5, 0.6) is 0 Å². The van der Waals surface area contributed by atoms with E-state index in [1.807, 2.05) is 6.92 Å². The second-order valence-electron chi connectivity index (χ2n) is 4.00. The molecule has 0 aromatic heterocycles. The minimum absolute atomic E-state index is 0.166. The summed E-state index contributed by atoms with van der Waals surface area (Å²) in [6.07, 6.45) is 2.72. The van der Waals surface area contributed by atoms with Gasteiger partial charge in [0.2, 0.25) is 0 Å². The van der Waals surface area contributed by atoms with Crippen LogP contribution >= 0.6 is 0 Å². The molecule has 2 rings (SSSR count). The van der Waals surface area contributed by atoms with Crippen LogP contribution < -0.4 is 5.32 Å². The van der Waals surface area contributed by atoms with Crippen LogP contribution in [-0.4, -0.2) is 38.1 Å². The molecule has 1 saturated carbocycles. The van der Waals surface area contributed by atoms with Gasteiger partial charge in [0.15, 0.2) is 0 Å². The van der Waals surface area contributed by atoms with Crippen molar-refractivity contribution in [3.63, 3.8) is 0 Å². The fraction of sp³-hybridized carbons (Fsp3) is 0.900. The summed E-state index contributed by atoms with van der Waals surface area (Å²) in [5.74, 6) is 0.695. The Morgan fingerprint density at radius 2 is 2.43 bits per heavy atom. The number of rotatable bonds is 4. The molecule has 2 fully saturated rings. The molecule has 0 spiro atoms. The molecular weight excluding hydrogens is 180 g/mol. The third kappa shape index (κ3) is 2.96. The number of hydrogen-bond donors (Lipinski definition) is 1. The number of morpholine rings is 1. The lowest BCUT2D eigenvalue weighted by Gasteiger charge is -2.22. The zero-order valence-electron chi connectivity index (χ0n) is 8.66. The average molecular weight is 198 g/mol. The van der Waals surface area contributed by atoms with Gasteiger partial charge in [-0.1, -0.05) is 5.16 Å². The van der Waals surface area contributed by atoms with Crippen molar-refractivity contribution in [1.82, 2.24) is 5.32 Å². The van der Waals surface area contributed by atoms with E-state index in [4.69, 9.17) is 9.57 Å². The minimum Gasteiger partial charge on any atom is -0.393 e. The van der Waals surface area contributed by atoms with Crippen molar-refractivity contribution in [3.05, 3.63) is 0 Å². The van der Waals surface area contributed by atoms with Crippen LogP contribution in [-0.2, 0) is 9.57 Å². The second kappa shape index (κ2) is 4.75. The van der Waals surface area contributed by atoms with E-state index < -0.39 is 0 Å². The van der Waals surface area contributed by atoms with Crippen molar-refractivity contribution in [2.75, 3.05) is 26.3 Å². The first-order valence-electron chi connectivity index (χ1n) is 5.35. The molecule has 1 heterocycles.